The Morgan fingerprint density at radius 1 is 0.643 bits per heavy atom. The van der Waals surface area contributed by atoms with Gasteiger partial charge < -0.3 is 73.1 Å². The van der Waals surface area contributed by atoms with E-state index in [0.29, 0.717) is 27.6 Å². The number of phenolic OH excluding ortho intramolecular Hbond substituents is 1. The van der Waals surface area contributed by atoms with E-state index in [1.54, 1.807) is 114 Å². The molecule has 2 heterocycles. The molecule has 0 saturated carbocycles. The van der Waals surface area contributed by atoms with Crippen molar-refractivity contribution >= 4 is 76.1 Å². The summed E-state index contributed by atoms with van der Waals surface area (Å²) in [6.07, 6.45) is -0.0779. The first kappa shape index (κ1) is 65.8. The van der Waals surface area contributed by atoms with E-state index in [2.05, 4.69) is 52.8 Å². The molecule has 0 radical (unpaired) electrons. The second-order valence-electron chi connectivity index (χ2n) is 22.5. The maximum Gasteiger partial charge on any atom is 0.408 e. The SMILES string of the molecule is CC(C)(C)OC(=O)C[C@H](NC(=O)[C@@H]1CCCCNC(=O)CC(=O)NCCCC[C@H](NC(=O)[C@H](Cc2ccc(O)cc2)NC(=O)OC(C)(C)C)C(=O)NCC(=O)N[C@@H](Cc2c[nH]c3ccccc23)C(=O)N1)C(=O)N[C@@H](Cc1ccccc1)C(N)=O. The number of para-hydroxylation sites is 1. The molecule has 0 bridgehead atoms. The van der Waals surface area contributed by atoms with Crippen LogP contribution >= 0.6 is 0 Å². The number of primary amides is 1. The van der Waals surface area contributed by atoms with Gasteiger partial charge in [0.1, 0.15) is 59.6 Å². The van der Waals surface area contributed by atoms with Crippen LogP contribution in [0.3, 0.4) is 0 Å². The fourth-order valence-electron chi connectivity index (χ4n) is 8.92. The van der Waals surface area contributed by atoms with Crippen LogP contribution in [0.5, 0.6) is 5.75 Å². The van der Waals surface area contributed by atoms with Crippen molar-refractivity contribution in [2.24, 2.45) is 5.73 Å². The number of nitrogens with one attached hydrogen (secondary N) is 10. The minimum atomic E-state index is -1.68. The van der Waals surface area contributed by atoms with Gasteiger partial charge in [-0.05, 0) is 115 Å². The molecule has 454 valence electrons. The Morgan fingerprint density at radius 3 is 1.89 bits per heavy atom. The monoisotopic (exact) mass is 1170 g/mol. The van der Waals surface area contributed by atoms with E-state index in [1.165, 1.54) is 12.1 Å². The lowest BCUT2D eigenvalue weighted by Crippen LogP contribution is -2.59. The van der Waals surface area contributed by atoms with Gasteiger partial charge in [0.15, 0.2) is 0 Å². The first-order valence-electron chi connectivity index (χ1n) is 27.9. The highest BCUT2D eigenvalue weighted by atomic mass is 16.6. The molecule has 1 fully saturated rings. The number of fused-ring (bicyclic) bond motifs is 1. The van der Waals surface area contributed by atoms with E-state index in [1.807, 2.05) is 0 Å². The van der Waals surface area contributed by atoms with Crippen molar-refractivity contribution in [3.8, 4) is 5.75 Å². The molecule has 84 heavy (non-hydrogen) atoms. The molecule has 6 atom stereocenters. The van der Waals surface area contributed by atoms with Crippen LogP contribution in [0.2, 0.25) is 0 Å². The Kier molecular flexibility index (Phi) is 24.6. The third-order valence-electron chi connectivity index (χ3n) is 13.0. The van der Waals surface area contributed by atoms with Crippen LogP contribution in [0.15, 0.2) is 85.1 Å². The molecule has 0 aliphatic carbocycles. The van der Waals surface area contributed by atoms with Crippen LogP contribution in [-0.2, 0) is 76.7 Å². The van der Waals surface area contributed by atoms with Crippen LogP contribution in [-0.4, -0.2) is 142 Å². The van der Waals surface area contributed by atoms with Crippen molar-refractivity contribution < 1.29 is 67.3 Å². The lowest BCUT2D eigenvalue weighted by atomic mass is 10.0. The average molecular weight is 1170 g/mol. The molecule has 5 rings (SSSR count). The van der Waals surface area contributed by atoms with E-state index in [9.17, 15) is 57.8 Å². The van der Waals surface area contributed by atoms with Crippen LogP contribution in [0.4, 0.5) is 4.79 Å². The van der Waals surface area contributed by atoms with Crippen molar-refractivity contribution in [2.75, 3.05) is 19.6 Å². The van der Waals surface area contributed by atoms with Gasteiger partial charge in [-0.2, -0.15) is 0 Å². The summed E-state index contributed by atoms with van der Waals surface area (Å²) in [5, 5.41) is 34.1. The number of hydrogen-bond donors (Lipinski definition) is 12. The molecule has 3 aromatic carbocycles. The highest BCUT2D eigenvalue weighted by molar-refractivity contribution is 5.99. The largest absolute Gasteiger partial charge is 0.508 e. The predicted molar refractivity (Wildman–Crippen MR) is 308 cm³/mol. The lowest BCUT2D eigenvalue weighted by Gasteiger charge is -2.27. The number of phenols is 1. The minimum Gasteiger partial charge on any atom is -0.508 e. The average Bonchev–Trinajstić information content (AvgIpc) is 4.04. The molecule has 13 N–H and O–H groups in total. The predicted octanol–water partition coefficient (Wildman–Crippen LogP) is 1.53. The van der Waals surface area contributed by atoms with Gasteiger partial charge in [-0.15, -0.1) is 0 Å². The number of aromatic amines is 1. The van der Waals surface area contributed by atoms with Gasteiger partial charge in [-0.1, -0.05) is 60.7 Å². The Balaban J connectivity index is 1.45. The molecule has 1 aliphatic rings. The van der Waals surface area contributed by atoms with E-state index in [0.717, 1.165) is 0 Å². The third kappa shape index (κ3) is 23.1. The molecule has 0 spiro atoms. The highest BCUT2D eigenvalue weighted by Gasteiger charge is 2.35. The van der Waals surface area contributed by atoms with Gasteiger partial charge in [0, 0.05) is 49.5 Å². The first-order valence-corrected chi connectivity index (χ1v) is 27.9. The number of carbonyl (C=O) groups is 11. The first-order chi connectivity index (χ1) is 39.7. The Morgan fingerprint density at radius 2 is 1.25 bits per heavy atom. The fraction of sp³-hybridized carbons (Fsp3) is 0.475. The van der Waals surface area contributed by atoms with Crippen LogP contribution in [0.1, 0.15) is 110 Å². The van der Waals surface area contributed by atoms with Crippen LogP contribution in [0.25, 0.3) is 10.9 Å². The minimum absolute atomic E-state index is 0.0300. The van der Waals surface area contributed by atoms with Crippen molar-refractivity contribution in [3.63, 3.8) is 0 Å². The van der Waals surface area contributed by atoms with Gasteiger partial charge in [0.05, 0.1) is 13.0 Å². The van der Waals surface area contributed by atoms with Crippen LogP contribution in [0, 0.1) is 0 Å². The van der Waals surface area contributed by atoms with Gasteiger partial charge in [0.25, 0.3) is 0 Å². The summed E-state index contributed by atoms with van der Waals surface area (Å²) in [7, 11) is 0. The molecule has 0 unspecified atom stereocenters. The number of carbonyl (C=O) groups excluding carboxylic acids is 11. The molecule has 4 aromatic rings. The maximum atomic E-state index is 14.7. The van der Waals surface area contributed by atoms with E-state index in [-0.39, 0.29) is 76.6 Å². The molecule has 1 aliphatic heterocycles. The van der Waals surface area contributed by atoms with Crippen molar-refractivity contribution in [1.82, 2.24) is 52.8 Å². The zero-order valence-electron chi connectivity index (χ0n) is 48.3. The number of esters is 1. The number of hydrogen-bond acceptors (Lipinski definition) is 14. The summed E-state index contributed by atoms with van der Waals surface area (Å²) in [6.45, 7) is 9.12. The normalized spacial score (nSPS) is 18.5. The summed E-state index contributed by atoms with van der Waals surface area (Å²) in [5.74, 6) is -8.35. The number of nitrogens with two attached hydrogens (primary N) is 1. The maximum absolute atomic E-state index is 14.7. The highest BCUT2D eigenvalue weighted by Crippen LogP contribution is 2.20. The van der Waals surface area contributed by atoms with Gasteiger partial charge in [0.2, 0.25) is 53.2 Å². The summed E-state index contributed by atoms with van der Waals surface area (Å²) in [5.41, 5.74) is 6.23. The van der Waals surface area contributed by atoms with Crippen molar-refractivity contribution in [2.45, 2.75) is 160 Å². The second kappa shape index (κ2) is 31.4. The van der Waals surface area contributed by atoms with E-state index >= 15 is 0 Å². The summed E-state index contributed by atoms with van der Waals surface area (Å²) in [4.78, 5) is 154. The number of benzene rings is 3. The van der Waals surface area contributed by atoms with Crippen molar-refractivity contribution in [3.05, 3.63) is 102 Å². The Hall–Kier alpha value is -9.03. The molecule has 1 saturated heterocycles. The number of aromatic hydroxyl groups is 1. The molecule has 25 nitrogen and oxygen atoms in total. The summed E-state index contributed by atoms with van der Waals surface area (Å²) < 4.78 is 10.9. The molecular weight excluding hydrogens is 1090 g/mol. The van der Waals surface area contributed by atoms with Crippen LogP contribution < -0.4 is 53.6 Å². The van der Waals surface area contributed by atoms with Gasteiger partial charge in [-0.3, -0.25) is 47.9 Å². The topological polar surface area (TPSA) is 377 Å². The number of H-pyrrole nitrogens is 1. The standard InChI is InChI=1S/C59H79N11O14/c1-58(2,3)83-50(75)31-46(56(81)68-43(51(60)76)28-35-16-8-7-9-17-35)69-53(78)42-21-13-15-27-62-48(73)32-47(72)61-26-14-12-20-41(66-54(79)44(70-57(82)84-59(4,5)6)29-36-22-24-38(71)25-23-36)52(77)64-34-49(74)65-45(55(80)67-42)30-37-33-63-40-19-11-10-18-39(37)40/h7-11,16-19,22-25,33,41-46,63,71H,12-15,20-21,26-32,34H2,1-6H3,(H2,60,76)(H,61,72)(H,62,73)(H,64,77)(H,65,74)(H,66,79)(H,67,80)(H,68,81)(H,69,78)(H,70,82)/t41-,42-,43-,44-,45-,46-/m0/s1. The van der Waals surface area contributed by atoms with E-state index < -0.39 is 132 Å². The molecular formula is C59H79N11O14. The Bertz CT molecular complexity index is 2960. The molecule has 25 heteroatoms. The Labute approximate surface area is 487 Å². The lowest BCUT2D eigenvalue weighted by molar-refractivity contribution is -0.156. The number of amides is 10. The van der Waals surface area contributed by atoms with E-state index in [4.69, 9.17) is 15.2 Å². The summed E-state index contributed by atoms with van der Waals surface area (Å²) >= 11 is 0. The van der Waals surface area contributed by atoms with Gasteiger partial charge >= 0.3 is 12.1 Å². The van der Waals surface area contributed by atoms with Gasteiger partial charge in [-0.25, -0.2) is 4.79 Å². The smallest absolute Gasteiger partial charge is 0.408 e. The second-order valence-corrected chi connectivity index (χ2v) is 22.5. The zero-order chi connectivity index (χ0) is 61.6. The molecule has 1 aromatic heterocycles. The number of rotatable bonds is 16. The zero-order valence-corrected chi connectivity index (χ0v) is 48.3. The quantitative estimate of drug-likeness (QED) is 0.0560. The fourth-order valence-corrected chi connectivity index (χ4v) is 8.92. The molecule has 10 amide bonds. The van der Waals surface area contributed by atoms with Crippen molar-refractivity contribution in [1.29, 1.82) is 0 Å². The summed E-state index contributed by atoms with van der Waals surface area (Å²) in [6, 6.07) is 13.2. The third-order valence-corrected chi connectivity index (χ3v) is 13.0. The number of alkyl carbamates (subject to hydrolysis) is 1. The number of aromatic nitrogens is 1. The number of ether oxygens (including phenoxy) is 2.